The molecule has 2 fully saturated rings. The molecule has 0 bridgehead atoms. The maximum absolute atomic E-state index is 13.8. The lowest BCUT2D eigenvalue weighted by atomic mass is 9.76. The first kappa shape index (κ1) is 22.3. The summed E-state index contributed by atoms with van der Waals surface area (Å²) in [6, 6.07) is 20.8. The van der Waals surface area contributed by atoms with Gasteiger partial charge >= 0.3 is 0 Å². The Morgan fingerprint density at radius 1 is 0.833 bits per heavy atom. The number of carbonyl (C=O) groups is 3. The summed E-state index contributed by atoms with van der Waals surface area (Å²) in [5.41, 5.74) is 1.61. The van der Waals surface area contributed by atoms with Crippen molar-refractivity contribution < 1.29 is 24.6 Å². The molecule has 4 N–H and O–H groups in total. The number of fused-ring (bicyclic) bond motifs is 4. The second kappa shape index (κ2) is 8.20. The van der Waals surface area contributed by atoms with Crippen molar-refractivity contribution in [3.63, 3.8) is 0 Å². The van der Waals surface area contributed by atoms with E-state index in [0.717, 1.165) is 5.56 Å². The maximum Gasteiger partial charge on any atom is 0.250 e. The van der Waals surface area contributed by atoms with Crippen LogP contribution in [0.4, 0.5) is 5.69 Å². The van der Waals surface area contributed by atoms with Crippen molar-refractivity contribution in [2.75, 3.05) is 11.9 Å². The van der Waals surface area contributed by atoms with Gasteiger partial charge in [-0.3, -0.25) is 24.6 Å². The number of aromatic hydroxyl groups is 2. The molecule has 36 heavy (non-hydrogen) atoms. The molecular weight excluding hydrogens is 458 g/mol. The molecule has 8 heteroatoms. The molecule has 3 aliphatic heterocycles. The second-order valence-electron chi connectivity index (χ2n) is 9.65. The summed E-state index contributed by atoms with van der Waals surface area (Å²) in [5, 5.41) is 26.0. The molecule has 3 amide bonds. The first-order valence-electron chi connectivity index (χ1n) is 12.0. The highest BCUT2D eigenvalue weighted by Crippen LogP contribution is 2.53. The lowest BCUT2D eigenvalue weighted by molar-refractivity contribution is -0.142. The van der Waals surface area contributed by atoms with Crippen LogP contribution in [0.5, 0.6) is 11.5 Å². The van der Waals surface area contributed by atoms with E-state index in [-0.39, 0.29) is 42.2 Å². The summed E-state index contributed by atoms with van der Waals surface area (Å²) in [6.45, 7) is 0.237. The fraction of sp³-hybridized carbons (Fsp3) is 0.250. The van der Waals surface area contributed by atoms with Crippen molar-refractivity contribution in [3.8, 4) is 11.5 Å². The Hall–Kier alpha value is -4.17. The highest BCUT2D eigenvalue weighted by atomic mass is 16.3. The Morgan fingerprint density at radius 3 is 2.36 bits per heavy atom. The van der Waals surface area contributed by atoms with E-state index in [2.05, 4.69) is 10.6 Å². The maximum atomic E-state index is 13.8. The van der Waals surface area contributed by atoms with E-state index in [1.165, 1.54) is 17.0 Å². The summed E-state index contributed by atoms with van der Waals surface area (Å²) in [4.78, 5) is 42.4. The molecular formula is C28H25N3O5. The van der Waals surface area contributed by atoms with Crippen molar-refractivity contribution in [1.29, 1.82) is 0 Å². The Balaban J connectivity index is 1.39. The standard InChI is InChI=1S/C28H25N3O5/c32-21-11-10-17(15-22(21)33)14-20-23-24(28(30-20)18-8-4-5-9-19(18)29-27(28)36)26(35)31(25(23)34)13-12-16-6-2-1-3-7-16/h1-11,15,20,23-24,30,32-33H,12-14H2,(H,29,36)/t20-,23-,24+,28+/m1/s1. The van der Waals surface area contributed by atoms with Crippen molar-refractivity contribution in [3.05, 3.63) is 89.5 Å². The van der Waals surface area contributed by atoms with E-state index in [4.69, 9.17) is 0 Å². The zero-order valence-corrected chi connectivity index (χ0v) is 19.3. The minimum absolute atomic E-state index is 0.237. The van der Waals surface area contributed by atoms with Crippen LogP contribution in [0.1, 0.15) is 16.7 Å². The van der Waals surface area contributed by atoms with Crippen molar-refractivity contribution in [2.24, 2.45) is 11.8 Å². The van der Waals surface area contributed by atoms with Crippen LogP contribution in [0.25, 0.3) is 0 Å². The summed E-state index contributed by atoms with van der Waals surface area (Å²) < 4.78 is 0. The quantitative estimate of drug-likeness (QED) is 0.327. The fourth-order valence-electron chi connectivity index (χ4n) is 6.05. The highest BCUT2D eigenvalue weighted by Gasteiger charge is 2.70. The average molecular weight is 484 g/mol. The van der Waals surface area contributed by atoms with Crippen LogP contribution in [0.3, 0.4) is 0 Å². The number of benzene rings is 3. The summed E-state index contributed by atoms with van der Waals surface area (Å²) in [5.74, 6) is -3.14. The number of imide groups is 1. The molecule has 0 unspecified atom stereocenters. The SMILES string of the molecule is O=C1[C@H]2[C@@H](C(=O)N1CCc1ccccc1)[C@]1(N[C@@H]2Cc2ccc(O)c(O)c2)C(=O)Nc2ccccc21. The number of amides is 3. The molecule has 6 rings (SSSR count). The number of hydrogen-bond acceptors (Lipinski definition) is 6. The third-order valence-corrected chi connectivity index (χ3v) is 7.68. The van der Waals surface area contributed by atoms with Crippen LogP contribution in [-0.2, 0) is 32.8 Å². The van der Waals surface area contributed by atoms with E-state index in [9.17, 15) is 24.6 Å². The minimum atomic E-state index is -1.36. The summed E-state index contributed by atoms with van der Waals surface area (Å²) in [6.07, 6.45) is 0.815. The number of para-hydroxylation sites is 1. The zero-order chi connectivity index (χ0) is 25.0. The summed E-state index contributed by atoms with van der Waals surface area (Å²) >= 11 is 0. The number of hydrogen-bond donors (Lipinski definition) is 4. The van der Waals surface area contributed by atoms with Crippen molar-refractivity contribution in [2.45, 2.75) is 24.4 Å². The van der Waals surface area contributed by atoms with Crippen LogP contribution < -0.4 is 10.6 Å². The van der Waals surface area contributed by atoms with Crippen molar-refractivity contribution >= 4 is 23.4 Å². The normalized spacial score (nSPS) is 26.4. The number of nitrogens with one attached hydrogen (secondary N) is 2. The number of nitrogens with zero attached hydrogens (tertiary/aromatic N) is 1. The largest absolute Gasteiger partial charge is 0.504 e. The van der Waals surface area contributed by atoms with E-state index in [1.54, 1.807) is 12.1 Å². The van der Waals surface area contributed by atoms with Gasteiger partial charge in [-0.25, -0.2) is 0 Å². The third-order valence-electron chi connectivity index (χ3n) is 7.68. The van der Waals surface area contributed by atoms with Crippen LogP contribution in [-0.4, -0.2) is 45.4 Å². The number of phenolic OH excluding ortho intramolecular Hbond substituents is 2. The molecule has 1 spiro atoms. The van der Waals surface area contributed by atoms with Gasteiger partial charge < -0.3 is 15.5 Å². The van der Waals surface area contributed by atoms with Crippen LogP contribution in [0.15, 0.2) is 72.8 Å². The molecule has 3 aromatic rings. The van der Waals surface area contributed by atoms with Gasteiger partial charge in [-0.2, -0.15) is 0 Å². The number of anilines is 1. The van der Waals surface area contributed by atoms with Gasteiger partial charge in [0.1, 0.15) is 5.54 Å². The first-order chi connectivity index (χ1) is 17.4. The molecule has 2 saturated heterocycles. The molecule has 3 aliphatic rings. The average Bonchev–Trinajstić information content (AvgIpc) is 3.45. The Bertz CT molecular complexity index is 1390. The Morgan fingerprint density at radius 2 is 1.58 bits per heavy atom. The molecule has 0 radical (unpaired) electrons. The van der Waals surface area contributed by atoms with Crippen LogP contribution >= 0.6 is 0 Å². The summed E-state index contributed by atoms with van der Waals surface area (Å²) in [7, 11) is 0. The molecule has 8 nitrogen and oxygen atoms in total. The monoisotopic (exact) mass is 483 g/mol. The van der Waals surface area contributed by atoms with E-state index in [1.807, 2.05) is 48.5 Å². The zero-order valence-electron chi connectivity index (χ0n) is 19.3. The van der Waals surface area contributed by atoms with Gasteiger partial charge in [0, 0.05) is 23.8 Å². The van der Waals surface area contributed by atoms with Gasteiger partial charge in [-0.05, 0) is 42.2 Å². The Kier molecular flexibility index (Phi) is 5.08. The second-order valence-corrected chi connectivity index (χ2v) is 9.65. The number of phenols is 2. The van der Waals surface area contributed by atoms with E-state index in [0.29, 0.717) is 23.2 Å². The predicted octanol–water partition coefficient (Wildman–Crippen LogP) is 2.30. The number of likely N-dealkylation sites (tertiary alicyclic amines) is 1. The number of rotatable bonds is 5. The third kappa shape index (κ3) is 3.21. The van der Waals surface area contributed by atoms with Crippen LogP contribution in [0.2, 0.25) is 0 Å². The van der Waals surface area contributed by atoms with Gasteiger partial charge in [-0.15, -0.1) is 0 Å². The Labute approximate surface area is 207 Å². The number of carbonyl (C=O) groups excluding carboxylic acids is 3. The first-order valence-corrected chi connectivity index (χ1v) is 12.0. The molecule has 0 aromatic heterocycles. The molecule has 3 heterocycles. The minimum Gasteiger partial charge on any atom is -0.504 e. The van der Waals surface area contributed by atoms with Gasteiger partial charge in [0.2, 0.25) is 17.7 Å². The van der Waals surface area contributed by atoms with Crippen molar-refractivity contribution in [1.82, 2.24) is 10.2 Å². The van der Waals surface area contributed by atoms with Crippen LogP contribution in [0, 0.1) is 11.8 Å². The topological polar surface area (TPSA) is 119 Å². The predicted molar refractivity (Wildman–Crippen MR) is 131 cm³/mol. The van der Waals surface area contributed by atoms with Gasteiger partial charge in [-0.1, -0.05) is 54.6 Å². The molecule has 3 aromatic carbocycles. The van der Waals surface area contributed by atoms with E-state index >= 15 is 0 Å². The van der Waals surface area contributed by atoms with E-state index < -0.39 is 23.4 Å². The molecule has 0 aliphatic carbocycles. The molecule has 182 valence electrons. The lowest BCUT2D eigenvalue weighted by Gasteiger charge is -2.29. The molecule has 0 saturated carbocycles. The van der Waals surface area contributed by atoms with Gasteiger partial charge in [0.05, 0.1) is 11.8 Å². The fourth-order valence-corrected chi connectivity index (χ4v) is 6.05. The molecule has 4 atom stereocenters. The van der Waals surface area contributed by atoms with Gasteiger partial charge in [0.25, 0.3) is 0 Å². The highest BCUT2D eigenvalue weighted by molar-refractivity contribution is 6.15. The van der Waals surface area contributed by atoms with Gasteiger partial charge in [0.15, 0.2) is 11.5 Å². The smallest absolute Gasteiger partial charge is 0.250 e. The lowest BCUT2D eigenvalue weighted by Crippen LogP contribution is -2.53.